The predicted molar refractivity (Wildman–Crippen MR) is 80.5 cm³/mol. The fourth-order valence-corrected chi connectivity index (χ4v) is 2.75. The van der Waals surface area contributed by atoms with Crippen molar-refractivity contribution in [1.82, 2.24) is 5.32 Å². The quantitative estimate of drug-likeness (QED) is 0.874. The Morgan fingerprint density at radius 3 is 2.57 bits per heavy atom. The van der Waals surface area contributed by atoms with Crippen molar-refractivity contribution < 1.29 is 13.5 Å². The molecule has 0 aromatic heterocycles. The van der Waals surface area contributed by atoms with Gasteiger partial charge in [-0.2, -0.15) is 0 Å². The second kappa shape index (κ2) is 7.18. The van der Waals surface area contributed by atoms with Crippen LogP contribution in [-0.2, 0) is 11.3 Å². The summed E-state index contributed by atoms with van der Waals surface area (Å²) in [5.41, 5.74) is 0.733. The van der Waals surface area contributed by atoms with E-state index in [0.29, 0.717) is 37.7 Å². The fraction of sp³-hybridized carbons (Fsp3) is 0.625. The number of hydrogen-bond donors (Lipinski definition) is 1. The topological polar surface area (TPSA) is 24.5 Å². The van der Waals surface area contributed by atoms with E-state index in [2.05, 4.69) is 5.32 Å². The van der Waals surface area contributed by atoms with Gasteiger partial charge in [-0.15, -0.1) is 0 Å². The normalized spacial score (nSPS) is 18.8. The van der Waals surface area contributed by atoms with E-state index in [0.717, 1.165) is 6.42 Å². The first kappa shape index (κ1) is 16.2. The molecule has 3 nitrogen and oxygen atoms in total. The first-order chi connectivity index (χ1) is 10.0. The SMILES string of the molecule is COCC1CCN(c2c(F)cc(CNC(C)C)cc2F)C1. The van der Waals surface area contributed by atoms with Crippen molar-refractivity contribution in [3.8, 4) is 0 Å². The number of benzene rings is 1. The third-order valence-electron chi connectivity index (χ3n) is 3.80. The Kier molecular flexibility index (Phi) is 5.53. The van der Waals surface area contributed by atoms with Crippen LogP contribution in [0, 0.1) is 17.6 Å². The lowest BCUT2D eigenvalue weighted by Gasteiger charge is -2.21. The molecule has 21 heavy (non-hydrogen) atoms. The molecule has 0 amide bonds. The van der Waals surface area contributed by atoms with Gasteiger partial charge in [0.15, 0.2) is 0 Å². The van der Waals surface area contributed by atoms with Crippen LogP contribution in [0.25, 0.3) is 0 Å². The van der Waals surface area contributed by atoms with Crippen molar-refractivity contribution in [3.05, 3.63) is 29.3 Å². The average molecular weight is 298 g/mol. The van der Waals surface area contributed by atoms with Crippen molar-refractivity contribution >= 4 is 5.69 Å². The standard InChI is InChI=1S/C16H24F2N2O/c1-11(2)19-8-13-6-14(17)16(15(18)7-13)20-5-4-12(9-20)10-21-3/h6-7,11-12,19H,4-5,8-10H2,1-3H3. The molecule has 5 heteroatoms. The molecule has 1 fully saturated rings. The van der Waals surface area contributed by atoms with Gasteiger partial charge in [0.05, 0.1) is 6.61 Å². The number of halogens is 2. The van der Waals surface area contributed by atoms with Crippen LogP contribution in [0.15, 0.2) is 12.1 Å². The summed E-state index contributed by atoms with van der Waals surface area (Å²) in [6.07, 6.45) is 0.906. The summed E-state index contributed by atoms with van der Waals surface area (Å²) in [6.45, 7) is 6.42. The third-order valence-corrected chi connectivity index (χ3v) is 3.80. The smallest absolute Gasteiger partial charge is 0.149 e. The Balaban J connectivity index is 2.10. The number of hydrogen-bond acceptors (Lipinski definition) is 3. The highest BCUT2D eigenvalue weighted by molar-refractivity contribution is 5.51. The van der Waals surface area contributed by atoms with Gasteiger partial charge in [-0.25, -0.2) is 8.78 Å². The molecular weight excluding hydrogens is 274 g/mol. The number of methoxy groups -OCH3 is 1. The molecule has 0 radical (unpaired) electrons. The summed E-state index contributed by atoms with van der Waals surface area (Å²) in [6, 6.07) is 3.14. The maximum atomic E-state index is 14.3. The van der Waals surface area contributed by atoms with Gasteiger partial charge in [-0.1, -0.05) is 13.8 Å². The first-order valence-electron chi connectivity index (χ1n) is 7.46. The lowest BCUT2D eigenvalue weighted by Crippen LogP contribution is -2.24. The number of rotatable bonds is 6. The number of ether oxygens (including phenoxy) is 1. The lowest BCUT2D eigenvalue weighted by molar-refractivity contribution is 0.161. The summed E-state index contributed by atoms with van der Waals surface area (Å²) >= 11 is 0. The van der Waals surface area contributed by atoms with E-state index >= 15 is 0 Å². The van der Waals surface area contributed by atoms with Gasteiger partial charge in [-0.3, -0.25) is 0 Å². The summed E-state index contributed by atoms with van der Waals surface area (Å²) in [7, 11) is 1.65. The molecule has 1 unspecified atom stereocenters. The molecule has 0 saturated carbocycles. The van der Waals surface area contributed by atoms with Gasteiger partial charge >= 0.3 is 0 Å². The van der Waals surface area contributed by atoms with Gasteiger partial charge in [-0.05, 0) is 24.1 Å². The van der Waals surface area contributed by atoms with E-state index in [1.807, 2.05) is 13.8 Å². The first-order valence-corrected chi connectivity index (χ1v) is 7.46. The van der Waals surface area contributed by atoms with Crippen LogP contribution < -0.4 is 10.2 Å². The van der Waals surface area contributed by atoms with Crippen LogP contribution in [0.2, 0.25) is 0 Å². The molecule has 1 aromatic carbocycles. The Bertz CT molecular complexity index is 456. The molecule has 1 atom stereocenters. The van der Waals surface area contributed by atoms with Crippen molar-refractivity contribution in [1.29, 1.82) is 0 Å². The Labute approximate surface area is 125 Å². The minimum Gasteiger partial charge on any atom is -0.384 e. The van der Waals surface area contributed by atoms with E-state index in [9.17, 15) is 8.78 Å². The van der Waals surface area contributed by atoms with E-state index in [4.69, 9.17) is 4.74 Å². The zero-order valence-corrected chi connectivity index (χ0v) is 13.0. The minimum absolute atomic E-state index is 0.0990. The molecule has 1 aromatic rings. The average Bonchev–Trinajstić information content (AvgIpc) is 2.84. The molecule has 1 heterocycles. The highest BCUT2D eigenvalue weighted by atomic mass is 19.1. The molecule has 1 N–H and O–H groups in total. The minimum atomic E-state index is -0.478. The van der Waals surface area contributed by atoms with Gasteiger partial charge in [0.25, 0.3) is 0 Å². The number of nitrogens with one attached hydrogen (secondary N) is 1. The van der Waals surface area contributed by atoms with Crippen LogP contribution in [0.5, 0.6) is 0 Å². The van der Waals surface area contributed by atoms with Crippen LogP contribution in [-0.4, -0.2) is 32.8 Å². The second-order valence-corrected chi connectivity index (χ2v) is 6.00. The molecule has 0 bridgehead atoms. The van der Waals surface area contributed by atoms with Crippen LogP contribution >= 0.6 is 0 Å². The zero-order chi connectivity index (χ0) is 15.4. The highest BCUT2D eigenvalue weighted by Crippen LogP contribution is 2.30. The molecular formula is C16H24F2N2O. The third kappa shape index (κ3) is 4.14. The summed E-state index contributed by atoms with van der Waals surface area (Å²) in [5.74, 6) is -0.613. The zero-order valence-electron chi connectivity index (χ0n) is 13.0. The Hall–Kier alpha value is -1.20. The van der Waals surface area contributed by atoms with Crippen molar-refractivity contribution in [3.63, 3.8) is 0 Å². The van der Waals surface area contributed by atoms with Crippen molar-refractivity contribution in [2.75, 3.05) is 31.7 Å². The monoisotopic (exact) mass is 298 g/mol. The Morgan fingerprint density at radius 1 is 1.33 bits per heavy atom. The Morgan fingerprint density at radius 2 is 2.00 bits per heavy atom. The second-order valence-electron chi connectivity index (χ2n) is 6.00. The molecule has 1 aliphatic heterocycles. The van der Waals surface area contributed by atoms with Gasteiger partial charge in [0.1, 0.15) is 17.3 Å². The molecule has 118 valence electrons. The summed E-state index contributed by atoms with van der Waals surface area (Å²) < 4.78 is 33.6. The largest absolute Gasteiger partial charge is 0.384 e. The lowest BCUT2D eigenvalue weighted by atomic mass is 10.1. The molecule has 0 spiro atoms. The fourth-order valence-electron chi connectivity index (χ4n) is 2.75. The molecule has 1 aliphatic rings. The van der Waals surface area contributed by atoms with Crippen LogP contribution in [0.3, 0.4) is 0 Å². The van der Waals surface area contributed by atoms with E-state index in [-0.39, 0.29) is 11.7 Å². The number of anilines is 1. The highest BCUT2D eigenvalue weighted by Gasteiger charge is 2.27. The maximum Gasteiger partial charge on any atom is 0.149 e. The van der Waals surface area contributed by atoms with Gasteiger partial charge in [0, 0.05) is 38.7 Å². The van der Waals surface area contributed by atoms with Gasteiger partial charge < -0.3 is 15.0 Å². The molecule has 1 saturated heterocycles. The van der Waals surface area contributed by atoms with Crippen LogP contribution in [0.1, 0.15) is 25.8 Å². The van der Waals surface area contributed by atoms with Gasteiger partial charge in [0.2, 0.25) is 0 Å². The molecule has 0 aliphatic carbocycles. The molecule has 2 rings (SSSR count). The predicted octanol–water partition coefficient (Wildman–Crippen LogP) is 2.94. The van der Waals surface area contributed by atoms with E-state index in [1.54, 1.807) is 12.0 Å². The van der Waals surface area contributed by atoms with E-state index < -0.39 is 11.6 Å². The van der Waals surface area contributed by atoms with Crippen LogP contribution in [0.4, 0.5) is 14.5 Å². The van der Waals surface area contributed by atoms with E-state index in [1.165, 1.54) is 12.1 Å². The number of nitrogens with zero attached hydrogens (tertiary/aromatic N) is 1. The summed E-state index contributed by atoms with van der Waals surface area (Å²) in [5, 5.41) is 3.17. The van der Waals surface area contributed by atoms with Crippen molar-refractivity contribution in [2.24, 2.45) is 5.92 Å². The summed E-state index contributed by atoms with van der Waals surface area (Å²) in [4.78, 5) is 1.79. The van der Waals surface area contributed by atoms with Crippen molar-refractivity contribution in [2.45, 2.75) is 32.9 Å². The maximum absolute atomic E-state index is 14.3.